The molecule has 0 spiro atoms. The lowest BCUT2D eigenvalue weighted by atomic mass is 9.96. The normalized spacial score (nSPS) is 33.2. The highest BCUT2D eigenvalue weighted by atomic mass is 16.3. The van der Waals surface area contributed by atoms with Crippen molar-refractivity contribution in [1.82, 2.24) is 5.32 Å². The minimum Gasteiger partial charge on any atom is -0.390 e. The Bertz CT molecular complexity index is 485. The zero-order valence-electron chi connectivity index (χ0n) is 11.3. The van der Waals surface area contributed by atoms with E-state index in [0.717, 1.165) is 30.4 Å². The van der Waals surface area contributed by atoms with E-state index >= 15 is 0 Å². The van der Waals surface area contributed by atoms with Crippen molar-refractivity contribution in [1.29, 1.82) is 0 Å². The van der Waals surface area contributed by atoms with Crippen LogP contribution in [0.2, 0.25) is 0 Å². The molecule has 2 aliphatic carbocycles. The van der Waals surface area contributed by atoms with Gasteiger partial charge in [0, 0.05) is 12.3 Å². The molecule has 2 unspecified atom stereocenters. The van der Waals surface area contributed by atoms with Crippen LogP contribution in [0.25, 0.3) is 0 Å². The molecule has 4 atom stereocenters. The number of benzene rings is 1. The van der Waals surface area contributed by atoms with Gasteiger partial charge in [-0.2, -0.15) is 0 Å². The summed E-state index contributed by atoms with van der Waals surface area (Å²) in [5.41, 5.74) is 2.23. The highest BCUT2D eigenvalue weighted by Crippen LogP contribution is 2.34. The third-order valence-electron chi connectivity index (χ3n) is 4.70. The summed E-state index contributed by atoms with van der Waals surface area (Å²) >= 11 is 0. The predicted octanol–water partition coefficient (Wildman–Crippen LogP) is 2.20. The number of aliphatic hydroxyl groups excluding tert-OH is 1. The van der Waals surface area contributed by atoms with E-state index in [-0.39, 0.29) is 17.9 Å². The van der Waals surface area contributed by atoms with Crippen LogP contribution in [0.15, 0.2) is 24.3 Å². The number of rotatable bonds is 2. The molecule has 1 fully saturated rings. The lowest BCUT2D eigenvalue weighted by Gasteiger charge is -2.22. The molecule has 19 heavy (non-hydrogen) atoms. The van der Waals surface area contributed by atoms with Crippen LogP contribution in [0.1, 0.15) is 43.4 Å². The first-order valence-electron chi connectivity index (χ1n) is 7.23. The molecule has 0 aromatic heterocycles. The lowest BCUT2D eigenvalue weighted by molar-refractivity contribution is -0.127. The van der Waals surface area contributed by atoms with E-state index in [1.54, 1.807) is 0 Å². The van der Waals surface area contributed by atoms with Crippen LogP contribution in [0.4, 0.5) is 0 Å². The Balaban J connectivity index is 1.75. The maximum absolute atomic E-state index is 12.3. The number of carbonyl (C=O) groups excluding carboxylic acids is 1. The molecule has 1 aromatic carbocycles. The SMILES string of the molecule is CC1CCCC1C(=O)N[C@@H]1c2ccccc2C[C@@H]1O. The van der Waals surface area contributed by atoms with Crippen LogP contribution in [0, 0.1) is 11.8 Å². The Morgan fingerprint density at radius 3 is 2.84 bits per heavy atom. The van der Waals surface area contributed by atoms with Gasteiger partial charge in [0.05, 0.1) is 12.1 Å². The summed E-state index contributed by atoms with van der Waals surface area (Å²) in [5, 5.41) is 13.2. The summed E-state index contributed by atoms with van der Waals surface area (Å²) in [4.78, 5) is 12.3. The van der Waals surface area contributed by atoms with E-state index in [2.05, 4.69) is 12.2 Å². The van der Waals surface area contributed by atoms with Crippen molar-refractivity contribution in [2.45, 2.75) is 44.8 Å². The molecular weight excluding hydrogens is 238 g/mol. The molecule has 102 valence electrons. The lowest BCUT2D eigenvalue weighted by Crippen LogP contribution is -2.38. The Morgan fingerprint density at radius 1 is 1.32 bits per heavy atom. The minimum atomic E-state index is -0.488. The van der Waals surface area contributed by atoms with Gasteiger partial charge in [0.1, 0.15) is 0 Å². The summed E-state index contributed by atoms with van der Waals surface area (Å²) in [6.07, 6.45) is 3.42. The second-order valence-corrected chi connectivity index (χ2v) is 5.97. The fourth-order valence-electron chi connectivity index (χ4n) is 3.54. The van der Waals surface area contributed by atoms with E-state index < -0.39 is 6.10 Å². The average Bonchev–Trinajstić information content (AvgIpc) is 2.94. The topological polar surface area (TPSA) is 49.3 Å². The molecule has 2 aliphatic rings. The van der Waals surface area contributed by atoms with Crippen molar-refractivity contribution in [3.8, 4) is 0 Å². The second-order valence-electron chi connectivity index (χ2n) is 5.97. The summed E-state index contributed by atoms with van der Waals surface area (Å²) in [6.45, 7) is 2.15. The number of carbonyl (C=O) groups is 1. The van der Waals surface area contributed by atoms with Crippen LogP contribution < -0.4 is 5.32 Å². The van der Waals surface area contributed by atoms with E-state index in [9.17, 15) is 9.90 Å². The molecule has 1 saturated carbocycles. The first kappa shape index (κ1) is 12.7. The number of nitrogens with one attached hydrogen (secondary N) is 1. The van der Waals surface area contributed by atoms with Crippen molar-refractivity contribution in [2.75, 3.05) is 0 Å². The van der Waals surface area contributed by atoms with Crippen molar-refractivity contribution >= 4 is 5.91 Å². The molecule has 3 rings (SSSR count). The van der Waals surface area contributed by atoms with Crippen molar-refractivity contribution < 1.29 is 9.90 Å². The summed E-state index contributed by atoms with van der Waals surface area (Å²) < 4.78 is 0. The van der Waals surface area contributed by atoms with Crippen molar-refractivity contribution in [3.63, 3.8) is 0 Å². The molecule has 0 radical (unpaired) electrons. The number of aliphatic hydroxyl groups is 1. The van der Waals surface area contributed by atoms with E-state index in [0.29, 0.717) is 12.3 Å². The van der Waals surface area contributed by atoms with Crippen LogP contribution in [0.3, 0.4) is 0 Å². The quantitative estimate of drug-likeness (QED) is 0.855. The van der Waals surface area contributed by atoms with Crippen LogP contribution in [0.5, 0.6) is 0 Å². The summed E-state index contributed by atoms with van der Waals surface area (Å²) in [7, 11) is 0. The molecule has 1 aromatic rings. The van der Waals surface area contributed by atoms with Gasteiger partial charge < -0.3 is 10.4 Å². The molecule has 0 bridgehead atoms. The first-order chi connectivity index (χ1) is 9.16. The monoisotopic (exact) mass is 259 g/mol. The van der Waals surface area contributed by atoms with Gasteiger partial charge in [-0.05, 0) is 29.9 Å². The van der Waals surface area contributed by atoms with Gasteiger partial charge >= 0.3 is 0 Å². The first-order valence-corrected chi connectivity index (χ1v) is 7.23. The largest absolute Gasteiger partial charge is 0.390 e. The maximum Gasteiger partial charge on any atom is 0.223 e. The highest BCUT2D eigenvalue weighted by Gasteiger charge is 2.36. The molecule has 0 saturated heterocycles. The second kappa shape index (κ2) is 4.97. The Kier molecular flexibility index (Phi) is 3.31. The average molecular weight is 259 g/mol. The molecule has 0 heterocycles. The number of hydrogen-bond donors (Lipinski definition) is 2. The zero-order chi connectivity index (χ0) is 13.4. The minimum absolute atomic E-state index is 0.116. The van der Waals surface area contributed by atoms with Crippen LogP contribution in [-0.4, -0.2) is 17.1 Å². The Hall–Kier alpha value is -1.35. The third-order valence-corrected chi connectivity index (χ3v) is 4.70. The molecule has 0 aliphatic heterocycles. The van der Waals surface area contributed by atoms with Gasteiger partial charge in [-0.3, -0.25) is 4.79 Å². The molecule has 1 amide bonds. The highest BCUT2D eigenvalue weighted by molar-refractivity contribution is 5.80. The standard InChI is InChI=1S/C16H21NO2/c1-10-5-4-8-12(10)16(19)17-15-13-7-3-2-6-11(13)9-14(15)18/h2-3,6-7,10,12,14-15,18H,4-5,8-9H2,1H3,(H,17,19)/t10?,12?,14-,15+/m0/s1. The van der Waals surface area contributed by atoms with Gasteiger partial charge in [0.25, 0.3) is 0 Å². The Labute approximate surface area is 114 Å². The zero-order valence-corrected chi connectivity index (χ0v) is 11.3. The van der Waals surface area contributed by atoms with Crippen LogP contribution in [-0.2, 0) is 11.2 Å². The fraction of sp³-hybridized carbons (Fsp3) is 0.562. The number of amides is 1. The molecular formula is C16H21NO2. The number of hydrogen-bond acceptors (Lipinski definition) is 2. The predicted molar refractivity (Wildman–Crippen MR) is 73.5 cm³/mol. The van der Waals surface area contributed by atoms with Gasteiger partial charge in [0.2, 0.25) is 5.91 Å². The maximum atomic E-state index is 12.3. The van der Waals surface area contributed by atoms with Gasteiger partial charge in [-0.1, -0.05) is 37.6 Å². The van der Waals surface area contributed by atoms with E-state index in [4.69, 9.17) is 0 Å². The smallest absolute Gasteiger partial charge is 0.223 e. The summed E-state index contributed by atoms with van der Waals surface area (Å²) in [5.74, 6) is 0.708. The van der Waals surface area contributed by atoms with E-state index in [1.807, 2.05) is 24.3 Å². The van der Waals surface area contributed by atoms with E-state index in [1.165, 1.54) is 0 Å². The van der Waals surface area contributed by atoms with Gasteiger partial charge in [0.15, 0.2) is 0 Å². The fourth-order valence-corrected chi connectivity index (χ4v) is 3.54. The molecule has 2 N–H and O–H groups in total. The molecule has 3 nitrogen and oxygen atoms in total. The van der Waals surface area contributed by atoms with Crippen LogP contribution >= 0.6 is 0 Å². The number of fused-ring (bicyclic) bond motifs is 1. The molecule has 3 heteroatoms. The summed E-state index contributed by atoms with van der Waals surface area (Å²) in [6, 6.07) is 7.76. The van der Waals surface area contributed by atoms with Gasteiger partial charge in [-0.15, -0.1) is 0 Å². The Morgan fingerprint density at radius 2 is 2.11 bits per heavy atom. The third kappa shape index (κ3) is 2.27. The van der Waals surface area contributed by atoms with Gasteiger partial charge in [-0.25, -0.2) is 0 Å². The van der Waals surface area contributed by atoms with Crippen molar-refractivity contribution in [2.24, 2.45) is 11.8 Å². The van der Waals surface area contributed by atoms with Crippen molar-refractivity contribution in [3.05, 3.63) is 35.4 Å².